The fraction of sp³-hybridized carbons (Fsp3) is 0.462. The molecule has 82 valence electrons. The Morgan fingerprint density at radius 3 is 2.60 bits per heavy atom. The minimum absolute atomic E-state index is 0.113. The predicted molar refractivity (Wildman–Crippen MR) is 62.7 cm³/mol. The molecule has 2 heteroatoms. The van der Waals surface area contributed by atoms with Crippen LogP contribution in [-0.4, -0.2) is 11.9 Å². The lowest BCUT2D eigenvalue weighted by Crippen LogP contribution is -2.33. The average Bonchev–Trinajstić information content (AvgIpc) is 2.19. The molecule has 1 aromatic rings. The second-order valence-electron chi connectivity index (χ2n) is 3.92. The Kier molecular flexibility index (Phi) is 4.88. The molecule has 1 amide bonds. The molecule has 0 fully saturated rings. The number of benzene rings is 1. The van der Waals surface area contributed by atoms with Gasteiger partial charge in [0.15, 0.2) is 0 Å². The number of hydrogen-bond donors (Lipinski definition) is 1. The summed E-state index contributed by atoms with van der Waals surface area (Å²) in [5, 5.41) is 2.99. The second kappa shape index (κ2) is 6.23. The van der Waals surface area contributed by atoms with Crippen LogP contribution in [0.4, 0.5) is 0 Å². The third kappa shape index (κ3) is 4.63. The molecule has 0 spiro atoms. The fourth-order valence-electron chi connectivity index (χ4n) is 1.61. The Hall–Kier alpha value is -1.31. The van der Waals surface area contributed by atoms with Crippen LogP contribution in [-0.2, 0) is 11.2 Å². The Morgan fingerprint density at radius 1 is 1.33 bits per heavy atom. The molecule has 0 saturated carbocycles. The minimum Gasteiger partial charge on any atom is -0.353 e. The lowest BCUT2D eigenvalue weighted by molar-refractivity contribution is -0.121. The molecule has 0 aromatic heterocycles. The van der Waals surface area contributed by atoms with Gasteiger partial charge in [-0.1, -0.05) is 43.7 Å². The van der Waals surface area contributed by atoms with E-state index in [1.165, 1.54) is 0 Å². The van der Waals surface area contributed by atoms with Gasteiger partial charge in [0, 0.05) is 6.04 Å². The highest BCUT2D eigenvalue weighted by Gasteiger charge is 2.06. The predicted octanol–water partition coefficient (Wildman–Crippen LogP) is 2.53. The summed E-state index contributed by atoms with van der Waals surface area (Å²) in [4.78, 5) is 11.6. The van der Waals surface area contributed by atoms with Crippen molar-refractivity contribution in [1.29, 1.82) is 0 Å². The molecule has 0 radical (unpaired) electrons. The van der Waals surface area contributed by atoms with Gasteiger partial charge in [-0.3, -0.25) is 4.79 Å². The SMILES string of the molecule is CCC[C@@H](C)NC(=O)Cc1ccccc1. The zero-order chi connectivity index (χ0) is 11.1. The number of carbonyl (C=O) groups is 1. The van der Waals surface area contributed by atoms with Crippen LogP contribution in [0.3, 0.4) is 0 Å². The largest absolute Gasteiger partial charge is 0.353 e. The molecule has 0 unspecified atom stereocenters. The van der Waals surface area contributed by atoms with Crippen molar-refractivity contribution in [3.05, 3.63) is 35.9 Å². The molecule has 0 aliphatic carbocycles. The van der Waals surface area contributed by atoms with Crippen LogP contribution in [0, 0.1) is 0 Å². The summed E-state index contributed by atoms with van der Waals surface area (Å²) < 4.78 is 0. The lowest BCUT2D eigenvalue weighted by Gasteiger charge is -2.12. The van der Waals surface area contributed by atoms with Crippen LogP contribution in [0.15, 0.2) is 30.3 Å². The number of rotatable bonds is 5. The standard InChI is InChI=1S/C13H19NO/c1-3-7-11(2)14-13(15)10-12-8-5-4-6-9-12/h4-6,8-9,11H,3,7,10H2,1-2H3,(H,14,15)/t11-/m1/s1. The van der Waals surface area contributed by atoms with Crippen molar-refractivity contribution < 1.29 is 4.79 Å². The zero-order valence-corrected chi connectivity index (χ0v) is 9.49. The summed E-state index contributed by atoms with van der Waals surface area (Å²) >= 11 is 0. The Bertz CT molecular complexity index is 295. The van der Waals surface area contributed by atoms with E-state index in [4.69, 9.17) is 0 Å². The van der Waals surface area contributed by atoms with Gasteiger partial charge in [0.2, 0.25) is 5.91 Å². The van der Waals surface area contributed by atoms with Gasteiger partial charge in [-0.25, -0.2) is 0 Å². The maximum Gasteiger partial charge on any atom is 0.224 e. The Morgan fingerprint density at radius 2 is 2.00 bits per heavy atom. The Labute approximate surface area is 91.7 Å². The van der Waals surface area contributed by atoms with E-state index < -0.39 is 0 Å². The second-order valence-corrected chi connectivity index (χ2v) is 3.92. The molecule has 0 heterocycles. The first-order chi connectivity index (χ1) is 7.22. The summed E-state index contributed by atoms with van der Waals surface area (Å²) in [5.74, 6) is 0.113. The number of carbonyl (C=O) groups excluding carboxylic acids is 1. The van der Waals surface area contributed by atoms with E-state index in [1.807, 2.05) is 37.3 Å². The normalized spacial score (nSPS) is 12.1. The molecule has 0 aliphatic rings. The highest BCUT2D eigenvalue weighted by atomic mass is 16.1. The molecular weight excluding hydrogens is 186 g/mol. The summed E-state index contributed by atoms with van der Waals surface area (Å²) in [6.07, 6.45) is 2.63. The van der Waals surface area contributed by atoms with Gasteiger partial charge in [0.05, 0.1) is 6.42 Å². The van der Waals surface area contributed by atoms with Crippen LogP contribution in [0.5, 0.6) is 0 Å². The van der Waals surface area contributed by atoms with Crippen molar-refractivity contribution >= 4 is 5.91 Å². The van der Waals surface area contributed by atoms with Crippen molar-refractivity contribution in [2.75, 3.05) is 0 Å². The summed E-state index contributed by atoms with van der Waals surface area (Å²) in [6.45, 7) is 4.17. The van der Waals surface area contributed by atoms with E-state index >= 15 is 0 Å². The number of hydrogen-bond acceptors (Lipinski definition) is 1. The van der Waals surface area contributed by atoms with Gasteiger partial charge in [0.25, 0.3) is 0 Å². The molecule has 1 N–H and O–H groups in total. The summed E-state index contributed by atoms with van der Waals surface area (Å²) in [5.41, 5.74) is 1.07. The van der Waals surface area contributed by atoms with Gasteiger partial charge in [-0.2, -0.15) is 0 Å². The van der Waals surface area contributed by atoms with Crippen molar-refractivity contribution in [1.82, 2.24) is 5.32 Å². The van der Waals surface area contributed by atoms with E-state index in [0.29, 0.717) is 6.42 Å². The minimum atomic E-state index is 0.113. The molecule has 0 bridgehead atoms. The first-order valence-electron chi connectivity index (χ1n) is 5.55. The fourth-order valence-corrected chi connectivity index (χ4v) is 1.61. The van der Waals surface area contributed by atoms with E-state index in [9.17, 15) is 4.79 Å². The van der Waals surface area contributed by atoms with Crippen LogP contribution in [0.25, 0.3) is 0 Å². The number of nitrogens with one attached hydrogen (secondary N) is 1. The van der Waals surface area contributed by atoms with Crippen LogP contribution < -0.4 is 5.32 Å². The maximum atomic E-state index is 11.6. The highest BCUT2D eigenvalue weighted by molar-refractivity contribution is 5.78. The van der Waals surface area contributed by atoms with Crippen LogP contribution >= 0.6 is 0 Å². The van der Waals surface area contributed by atoms with Gasteiger partial charge >= 0.3 is 0 Å². The molecule has 2 nitrogen and oxygen atoms in total. The van der Waals surface area contributed by atoms with Gasteiger partial charge in [-0.15, -0.1) is 0 Å². The monoisotopic (exact) mass is 205 g/mol. The summed E-state index contributed by atoms with van der Waals surface area (Å²) in [6, 6.07) is 10.1. The Balaban J connectivity index is 2.36. The molecule has 1 rings (SSSR count). The average molecular weight is 205 g/mol. The van der Waals surface area contributed by atoms with Crippen molar-refractivity contribution in [2.45, 2.75) is 39.2 Å². The zero-order valence-electron chi connectivity index (χ0n) is 9.49. The van der Waals surface area contributed by atoms with Gasteiger partial charge in [-0.05, 0) is 18.9 Å². The number of amides is 1. The highest BCUT2D eigenvalue weighted by Crippen LogP contribution is 2.01. The topological polar surface area (TPSA) is 29.1 Å². The van der Waals surface area contributed by atoms with Crippen molar-refractivity contribution in [2.24, 2.45) is 0 Å². The van der Waals surface area contributed by atoms with Crippen molar-refractivity contribution in [3.8, 4) is 0 Å². The van der Waals surface area contributed by atoms with Gasteiger partial charge in [0.1, 0.15) is 0 Å². The molecule has 1 atom stereocenters. The smallest absolute Gasteiger partial charge is 0.224 e. The first-order valence-corrected chi connectivity index (χ1v) is 5.55. The van der Waals surface area contributed by atoms with Crippen LogP contribution in [0.2, 0.25) is 0 Å². The third-order valence-electron chi connectivity index (χ3n) is 2.34. The lowest BCUT2D eigenvalue weighted by atomic mass is 10.1. The third-order valence-corrected chi connectivity index (χ3v) is 2.34. The van der Waals surface area contributed by atoms with E-state index in [1.54, 1.807) is 0 Å². The molecule has 0 saturated heterocycles. The molecule has 15 heavy (non-hydrogen) atoms. The quantitative estimate of drug-likeness (QED) is 0.786. The van der Waals surface area contributed by atoms with Gasteiger partial charge < -0.3 is 5.32 Å². The van der Waals surface area contributed by atoms with E-state index in [2.05, 4.69) is 12.2 Å². The van der Waals surface area contributed by atoms with Crippen molar-refractivity contribution in [3.63, 3.8) is 0 Å². The molecular formula is C13H19NO. The maximum absolute atomic E-state index is 11.6. The summed E-state index contributed by atoms with van der Waals surface area (Å²) in [7, 11) is 0. The van der Waals surface area contributed by atoms with E-state index in [0.717, 1.165) is 18.4 Å². The molecule has 0 aliphatic heterocycles. The van der Waals surface area contributed by atoms with Crippen LogP contribution in [0.1, 0.15) is 32.3 Å². The van der Waals surface area contributed by atoms with E-state index in [-0.39, 0.29) is 11.9 Å². The molecule has 1 aromatic carbocycles. The first kappa shape index (κ1) is 11.8.